The van der Waals surface area contributed by atoms with Gasteiger partial charge < -0.3 is 9.47 Å². The Kier molecular flexibility index (Phi) is 5.28. The Bertz CT molecular complexity index is 742. The van der Waals surface area contributed by atoms with Crippen LogP contribution in [0.4, 0.5) is 13.2 Å². The second-order valence-corrected chi connectivity index (χ2v) is 4.88. The predicted octanol–water partition coefficient (Wildman–Crippen LogP) is 4.62. The van der Waals surface area contributed by atoms with Crippen molar-refractivity contribution in [2.24, 2.45) is 0 Å². The Balaban J connectivity index is 2.32. The number of rotatable bonds is 5. The maximum Gasteiger partial charge on any atom is 0.416 e. The highest BCUT2D eigenvalue weighted by Gasteiger charge is 2.32. The molecule has 0 fully saturated rings. The summed E-state index contributed by atoms with van der Waals surface area (Å²) in [5.41, 5.74) is -0.613. The fourth-order valence-electron chi connectivity index (χ4n) is 2.11. The predicted molar refractivity (Wildman–Crippen MR) is 84.4 cm³/mol. The average molecular weight is 336 g/mol. The molecule has 2 rings (SSSR count). The first-order valence-electron chi connectivity index (χ1n) is 6.97. The van der Waals surface area contributed by atoms with Crippen molar-refractivity contribution >= 4 is 11.9 Å². The van der Waals surface area contributed by atoms with Gasteiger partial charge in [-0.15, -0.1) is 0 Å². The molecule has 3 nitrogen and oxygen atoms in total. The van der Waals surface area contributed by atoms with Crippen LogP contribution in [0.2, 0.25) is 0 Å². The highest BCUT2D eigenvalue weighted by Crippen LogP contribution is 2.32. The summed E-state index contributed by atoms with van der Waals surface area (Å²) in [7, 11) is 2.89. The summed E-state index contributed by atoms with van der Waals surface area (Å²) in [4.78, 5) is 12.2. The van der Waals surface area contributed by atoms with E-state index in [1.165, 1.54) is 44.6 Å². The standard InChI is InChI=1S/C18H15F3O3/c1-23-14-9-13(10-15(11-14)24-2)17(22)8-7-12-5-3-4-6-16(12)18(19,20)21/h3-11H,1-2H3. The van der Waals surface area contributed by atoms with Gasteiger partial charge in [-0.1, -0.05) is 24.3 Å². The quantitative estimate of drug-likeness (QED) is 0.590. The van der Waals surface area contributed by atoms with Crippen molar-refractivity contribution in [3.05, 3.63) is 65.2 Å². The highest BCUT2D eigenvalue weighted by molar-refractivity contribution is 6.07. The molecule has 0 aliphatic carbocycles. The zero-order valence-electron chi connectivity index (χ0n) is 13.1. The molecular weight excluding hydrogens is 321 g/mol. The first-order chi connectivity index (χ1) is 11.3. The summed E-state index contributed by atoms with van der Waals surface area (Å²) in [5, 5.41) is 0. The van der Waals surface area contributed by atoms with E-state index in [2.05, 4.69) is 0 Å². The van der Waals surface area contributed by atoms with E-state index in [1.807, 2.05) is 0 Å². The number of hydrogen-bond acceptors (Lipinski definition) is 3. The van der Waals surface area contributed by atoms with Crippen molar-refractivity contribution in [3.63, 3.8) is 0 Å². The van der Waals surface area contributed by atoms with Gasteiger partial charge in [0.2, 0.25) is 0 Å². The van der Waals surface area contributed by atoms with E-state index in [-0.39, 0.29) is 11.1 Å². The number of ether oxygens (including phenoxy) is 2. The molecule has 0 radical (unpaired) electrons. The van der Waals surface area contributed by atoms with Gasteiger partial charge in [-0.3, -0.25) is 4.79 Å². The maximum atomic E-state index is 12.9. The molecule has 0 bridgehead atoms. The van der Waals surface area contributed by atoms with Crippen LogP contribution in [0, 0.1) is 0 Å². The third-order valence-corrected chi connectivity index (χ3v) is 3.32. The first kappa shape index (κ1) is 17.6. The number of benzene rings is 2. The number of carbonyl (C=O) groups is 1. The molecule has 0 unspecified atom stereocenters. The van der Waals surface area contributed by atoms with Crippen LogP contribution in [0.15, 0.2) is 48.5 Å². The van der Waals surface area contributed by atoms with Gasteiger partial charge in [-0.25, -0.2) is 0 Å². The molecule has 24 heavy (non-hydrogen) atoms. The summed E-state index contributed by atoms with van der Waals surface area (Å²) in [6.07, 6.45) is -2.24. The Labute approximate surface area is 137 Å². The molecule has 2 aromatic carbocycles. The molecule has 0 N–H and O–H groups in total. The molecule has 0 aliphatic rings. The number of carbonyl (C=O) groups excluding carboxylic acids is 1. The molecule has 0 spiro atoms. The second-order valence-electron chi connectivity index (χ2n) is 4.88. The first-order valence-corrected chi connectivity index (χ1v) is 6.97. The van der Waals surface area contributed by atoms with Crippen molar-refractivity contribution in [1.82, 2.24) is 0 Å². The molecule has 0 aliphatic heterocycles. The van der Waals surface area contributed by atoms with Gasteiger partial charge in [0.05, 0.1) is 19.8 Å². The van der Waals surface area contributed by atoms with Crippen LogP contribution in [0.5, 0.6) is 11.5 Å². The van der Waals surface area contributed by atoms with Crippen molar-refractivity contribution in [3.8, 4) is 11.5 Å². The van der Waals surface area contributed by atoms with Crippen molar-refractivity contribution in [2.75, 3.05) is 14.2 Å². The largest absolute Gasteiger partial charge is 0.497 e. The average Bonchev–Trinajstić information content (AvgIpc) is 2.58. The fraction of sp³-hybridized carbons (Fsp3) is 0.167. The number of allylic oxidation sites excluding steroid dienone is 1. The summed E-state index contributed by atoms with van der Waals surface area (Å²) in [6, 6.07) is 9.63. The minimum Gasteiger partial charge on any atom is -0.497 e. The summed E-state index contributed by atoms with van der Waals surface area (Å²) >= 11 is 0. The van der Waals surface area contributed by atoms with Gasteiger partial charge in [0.25, 0.3) is 0 Å². The second kappa shape index (κ2) is 7.21. The van der Waals surface area contributed by atoms with Crippen LogP contribution in [-0.2, 0) is 6.18 Å². The number of alkyl halides is 3. The monoisotopic (exact) mass is 336 g/mol. The minimum atomic E-state index is -4.48. The van der Waals surface area contributed by atoms with Crippen LogP contribution >= 0.6 is 0 Å². The van der Waals surface area contributed by atoms with Crippen LogP contribution in [-0.4, -0.2) is 20.0 Å². The molecule has 0 heterocycles. The van der Waals surface area contributed by atoms with E-state index < -0.39 is 17.5 Å². The third-order valence-electron chi connectivity index (χ3n) is 3.32. The summed E-state index contributed by atoms with van der Waals surface area (Å²) in [6.45, 7) is 0. The topological polar surface area (TPSA) is 35.5 Å². The highest BCUT2D eigenvalue weighted by atomic mass is 19.4. The third kappa shape index (κ3) is 4.16. The van der Waals surface area contributed by atoms with Crippen molar-refractivity contribution in [2.45, 2.75) is 6.18 Å². The van der Waals surface area contributed by atoms with Crippen LogP contribution in [0.3, 0.4) is 0 Å². The Morgan fingerprint density at radius 2 is 1.58 bits per heavy atom. The van der Waals surface area contributed by atoms with Gasteiger partial charge in [-0.05, 0) is 29.8 Å². The van der Waals surface area contributed by atoms with E-state index in [0.717, 1.165) is 18.2 Å². The molecule has 0 atom stereocenters. The number of methoxy groups -OCH3 is 2. The normalized spacial score (nSPS) is 11.5. The Morgan fingerprint density at radius 3 is 2.12 bits per heavy atom. The van der Waals surface area contributed by atoms with Crippen molar-refractivity contribution < 1.29 is 27.4 Å². The Morgan fingerprint density at radius 1 is 1.00 bits per heavy atom. The number of ketones is 1. The van der Waals surface area contributed by atoms with Gasteiger partial charge in [-0.2, -0.15) is 13.2 Å². The van der Waals surface area contributed by atoms with E-state index in [9.17, 15) is 18.0 Å². The van der Waals surface area contributed by atoms with Gasteiger partial charge in [0.1, 0.15) is 11.5 Å². The number of halogens is 3. The Hall–Kier alpha value is -2.76. The smallest absolute Gasteiger partial charge is 0.416 e. The summed E-state index contributed by atoms with van der Waals surface area (Å²) in [5.74, 6) is 0.382. The zero-order valence-corrected chi connectivity index (χ0v) is 13.1. The molecule has 0 aromatic heterocycles. The van der Waals surface area contributed by atoms with Gasteiger partial charge in [0.15, 0.2) is 5.78 Å². The fourth-order valence-corrected chi connectivity index (χ4v) is 2.11. The molecular formula is C18H15F3O3. The van der Waals surface area contributed by atoms with Gasteiger partial charge in [0, 0.05) is 11.6 Å². The molecule has 2 aromatic rings. The van der Waals surface area contributed by atoms with E-state index in [0.29, 0.717) is 11.5 Å². The zero-order chi connectivity index (χ0) is 17.7. The SMILES string of the molecule is COc1cc(OC)cc(C(=O)C=Cc2ccccc2C(F)(F)F)c1. The van der Waals surface area contributed by atoms with Crippen molar-refractivity contribution in [1.29, 1.82) is 0 Å². The lowest BCUT2D eigenvalue weighted by molar-refractivity contribution is -0.137. The van der Waals surface area contributed by atoms with Gasteiger partial charge >= 0.3 is 6.18 Å². The van der Waals surface area contributed by atoms with Crippen LogP contribution in [0.1, 0.15) is 21.5 Å². The van der Waals surface area contributed by atoms with E-state index >= 15 is 0 Å². The summed E-state index contributed by atoms with van der Waals surface area (Å²) < 4.78 is 49.0. The van der Waals surface area contributed by atoms with E-state index in [4.69, 9.17) is 9.47 Å². The maximum absolute atomic E-state index is 12.9. The molecule has 0 amide bonds. The molecule has 0 saturated carbocycles. The van der Waals surface area contributed by atoms with E-state index in [1.54, 1.807) is 6.07 Å². The lowest BCUT2D eigenvalue weighted by Gasteiger charge is -2.09. The molecule has 126 valence electrons. The molecule has 0 saturated heterocycles. The molecule has 6 heteroatoms. The lowest BCUT2D eigenvalue weighted by atomic mass is 10.0. The minimum absolute atomic E-state index is 0.0757. The van der Waals surface area contributed by atoms with Crippen LogP contribution in [0.25, 0.3) is 6.08 Å². The lowest BCUT2D eigenvalue weighted by Crippen LogP contribution is -2.07. The van der Waals surface area contributed by atoms with Crippen LogP contribution < -0.4 is 9.47 Å². The number of hydrogen-bond donors (Lipinski definition) is 0.